The second-order valence-corrected chi connectivity index (χ2v) is 8.30. The molecule has 2 fully saturated rings. The smallest absolute Gasteiger partial charge is 0.387 e. The molecule has 0 radical (unpaired) electrons. The molecule has 0 aromatic carbocycles. The van der Waals surface area contributed by atoms with Crippen LogP contribution >= 0.6 is 0 Å². The summed E-state index contributed by atoms with van der Waals surface area (Å²) >= 11 is 0. The van der Waals surface area contributed by atoms with Crippen LogP contribution in [0, 0.1) is 11.8 Å². The molecule has 0 spiro atoms. The van der Waals surface area contributed by atoms with Crippen LogP contribution in [0.25, 0.3) is 11.3 Å². The van der Waals surface area contributed by atoms with Crippen molar-refractivity contribution in [2.75, 3.05) is 12.3 Å². The fraction of sp³-hybridized carbons (Fsp3) is 0.600. The zero-order valence-corrected chi connectivity index (χ0v) is 16.7. The van der Waals surface area contributed by atoms with Crippen LogP contribution < -0.4 is 15.8 Å². The Kier molecular flexibility index (Phi) is 5.61. The maximum Gasteiger partial charge on any atom is 0.387 e. The third kappa shape index (κ3) is 4.10. The molecular weight excluding hydrogens is 402 g/mol. The monoisotopic (exact) mass is 427 g/mol. The Labute approximate surface area is 171 Å². The van der Waals surface area contributed by atoms with E-state index in [1.54, 1.807) is 0 Å². The van der Waals surface area contributed by atoms with Crippen molar-refractivity contribution in [1.82, 2.24) is 20.1 Å². The summed E-state index contributed by atoms with van der Waals surface area (Å²) in [7, 11) is 0. The molecule has 3 N–H and O–H groups in total. The highest BCUT2D eigenvalue weighted by atomic mass is 19.3. The molecule has 0 saturated heterocycles. The number of nitrogens with one attached hydrogen (secondary N) is 1. The number of aromatic nitrogens is 3. The van der Waals surface area contributed by atoms with Crippen molar-refractivity contribution in [2.24, 2.45) is 11.8 Å². The topological polar surface area (TPSA) is 78.0 Å². The number of nitrogen functional groups attached to an aromatic ring is 1. The summed E-state index contributed by atoms with van der Waals surface area (Å²) < 4.78 is 56.5. The summed E-state index contributed by atoms with van der Waals surface area (Å²) in [5.74, 6) is 0.937. The standard InChI is InChI=1S/C20H25F4N5O/c1-9(2)29-15(18-12-4-11(5-13(12)18)26-8-17(21)22)6-14(28-29)10-3-16(30-20(23)24)19(25)27-7-10/h3,6-7,9,11-13,17-18,20,26H,4-5,8H2,1-2H3,(H2,25,27)/t11?,12-,13+,18?. The van der Waals surface area contributed by atoms with Gasteiger partial charge in [-0.15, -0.1) is 0 Å². The highest BCUT2D eigenvalue weighted by Crippen LogP contribution is 2.63. The third-order valence-electron chi connectivity index (χ3n) is 5.99. The SMILES string of the molecule is CC(C)n1nc(-c2cnc(N)c(OC(F)F)c2)cc1C1[C@H]2CC(NCC(F)F)C[C@@H]12. The van der Waals surface area contributed by atoms with E-state index in [0.29, 0.717) is 29.0 Å². The van der Waals surface area contributed by atoms with E-state index in [0.717, 1.165) is 18.5 Å². The fourth-order valence-corrected chi connectivity index (χ4v) is 4.70. The first kappa shape index (κ1) is 20.9. The van der Waals surface area contributed by atoms with E-state index in [4.69, 9.17) is 5.73 Å². The van der Waals surface area contributed by atoms with E-state index in [2.05, 4.69) is 20.1 Å². The number of halogens is 4. The van der Waals surface area contributed by atoms with Crippen LogP contribution in [0.2, 0.25) is 0 Å². The Hall–Kier alpha value is -2.36. The lowest BCUT2D eigenvalue weighted by Crippen LogP contribution is -2.32. The van der Waals surface area contributed by atoms with E-state index in [9.17, 15) is 17.6 Å². The number of rotatable bonds is 8. The zero-order valence-electron chi connectivity index (χ0n) is 16.7. The average molecular weight is 427 g/mol. The van der Waals surface area contributed by atoms with Crippen molar-refractivity contribution in [2.45, 2.75) is 57.7 Å². The molecule has 2 unspecified atom stereocenters. The minimum atomic E-state index is -2.99. The Morgan fingerprint density at radius 2 is 1.90 bits per heavy atom. The number of fused-ring (bicyclic) bond motifs is 1. The zero-order chi connectivity index (χ0) is 21.6. The Balaban J connectivity index is 1.54. The van der Waals surface area contributed by atoms with Crippen LogP contribution in [0.4, 0.5) is 23.4 Å². The number of hydrogen-bond donors (Lipinski definition) is 2. The predicted octanol–water partition coefficient (Wildman–Crippen LogP) is 4.06. The maximum atomic E-state index is 12.6. The second-order valence-electron chi connectivity index (χ2n) is 8.30. The number of ether oxygens (including phenoxy) is 1. The molecule has 0 aliphatic heterocycles. The number of hydrogen-bond acceptors (Lipinski definition) is 5. The molecule has 6 nitrogen and oxygen atoms in total. The van der Waals surface area contributed by atoms with Gasteiger partial charge in [0, 0.05) is 35.5 Å². The van der Waals surface area contributed by atoms with Gasteiger partial charge in [0.05, 0.1) is 12.2 Å². The Bertz CT molecular complexity index is 891. The lowest BCUT2D eigenvalue weighted by molar-refractivity contribution is -0.0494. The van der Waals surface area contributed by atoms with Crippen molar-refractivity contribution in [1.29, 1.82) is 0 Å². The predicted molar refractivity (Wildman–Crippen MR) is 104 cm³/mol. The molecule has 2 saturated carbocycles. The van der Waals surface area contributed by atoms with Crippen molar-refractivity contribution in [3.63, 3.8) is 0 Å². The quantitative estimate of drug-likeness (QED) is 0.622. The fourth-order valence-electron chi connectivity index (χ4n) is 4.70. The Morgan fingerprint density at radius 1 is 1.20 bits per heavy atom. The van der Waals surface area contributed by atoms with E-state index < -0.39 is 13.0 Å². The molecule has 2 heterocycles. The number of alkyl halides is 4. The number of nitrogens with two attached hydrogens (primary N) is 1. The molecule has 2 aliphatic rings. The van der Waals surface area contributed by atoms with Gasteiger partial charge in [0.15, 0.2) is 11.6 Å². The van der Waals surface area contributed by atoms with Gasteiger partial charge in [-0.05, 0) is 50.7 Å². The van der Waals surface area contributed by atoms with Gasteiger partial charge < -0.3 is 15.8 Å². The molecular formula is C20H25F4N5O. The molecule has 4 atom stereocenters. The molecule has 2 aromatic rings. The van der Waals surface area contributed by atoms with Crippen LogP contribution in [-0.4, -0.2) is 40.4 Å². The van der Waals surface area contributed by atoms with Crippen molar-refractivity contribution in [3.8, 4) is 17.0 Å². The van der Waals surface area contributed by atoms with Gasteiger partial charge in [0.25, 0.3) is 6.43 Å². The average Bonchev–Trinajstić information content (AvgIpc) is 3.04. The second kappa shape index (κ2) is 8.05. The highest BCUT2D eigenvalue weighted by molar-refractivity contribution is 5.64. The van der Waals surface area contributed by atoms with Crippen LogP contribution in [0.3, 0.4) is 0 Å². The minimum absolute atomic E-state index is 0.110. The third-order valence-corrected chi connectivity index (χ3v) is 5.99. The van der Waals surface area contributed by atoms with E-state index in [-0.39, 0.29) is 30.2 Å². The van der Waals surface area contributed by atoms with Crippen LogP contribution in [0.15, 0.2) is 18.3 Å². The first-order valence-corrected chi connectivity index (χ1v) is 10.1. The Morgan fingerprint density at radius 3 is 2.50 bits per heavy atom. The van der Waals surface area contributed by atoms with Gasteiger partial charge in [0.1, 0.15) is 0 Å². The van der Waals surface area contributed by atoms with Crippen LogP contribution in [0.5, 0.6) is 5.75 Å². The molecule has 2 aromatic heterocycles. The normalized spacial score (nSPS) is 25.4. The van der Waals surface area contributed by atoms with E-state index in [1.807, 2.05) is 24.6 Å². The van der Waals surface area contributed by atoms with Gasteiger partial charge in [-0.2, -0.15) is 13.9 Å². The van der Waals surface area contributed by atoms with E-state index >= 15 is 0 Å². The number of pyridine rings is 1. The largest absolute Gasteiger partial charge is 0.431 e. The molecule has 0 bridgehead atoms. The van der Waals surface area contributed by atoms with Gasteiger partial charge >= 0.3 is 6.61 Å². The van der Waals surface area contributed by atoms with Gasteiger partial charge in [-0.3, -0.25) is 4.68 Å². The van der Waals surface area contributed by atoms with Crippen molar-refractivity contribution in [3.05, 3.63) is 24.0 Å². The molecule has 164 valence electrons. The summed E-state index contributed by atoms with van der Waals surface area (Å²) in [4.78, 5) is 3.96. The number of anilines is 1. The summed E-state index contributed by atoms with van der Waals surface area (Å²) in [5.41, 5.74) is 7.86. The number of nitrogens with zero attached hydrogens (tertiary/aromatic N) is 3. The summed E-state index contributed by atoms with van der Waals surface area (Å²) in [6.07, 6.45) is 0.894. The lowest BCUT2D eigenvalue weighted by atomic mass is 10.0. The summed E-state index contributed by atoms with van der Waals surface area (Å²) in [6.45, 7) is 0.789. The van der Waals surface area contributed by atoms with Crippen molar-refractivity contribution < 1.29 is 22.3 Å². The van der Waals surface area contributed by atoms with Crippen LogP contribution in [0.1, 0.15) is 44.3 Å². The minimum Gasteiger partial charge on any atom is -0.431 e. The molecule has 4 rings (SSSR count). The molecule has 0 amide bonds. The van der Waals surface area contributed by atoms with Gasteiger partial charge in [-0.1, -0.05) is 0 Å². The maximum absolute atomic E-state index is 12.6. The van der Waals surface area contributed by atoms with Crippen molar-refractivity contribution >= 4 is 5.82 Å². The lowest BCUT2D eigenvalue weighted by Gasteiger charge is -2.17. The van der Waals surface area contributed by atoms with Crippen LogP contribution in [-0.2, 0) is 0 Å². The summed E-state index contributed by atoms with van der Waals surface area (Å²) in [5, 5.41) is 7.62. The van der Waals surface area contributed by atoms with E-state index in [1.165, 1.54) is 12.3 Å². The molecule has 10 heteroatoms. The van der Waals surface area contributed by atoms with Gasteiger partial charge in [0.2, 0.25) is 0 Å². The molecule has 2 aliphatic carbocycles. The molecule has 30 heavy (non-hydrogen) atoms. The summed E-state index contributed by atoms with van der Waals surface area (Å²) in [6, 6.07) is 3.63. The first-order chi connectivity index (χ1) is 14.2. The van der Waals surface area contributed by atoms with Gasteiger partial charge in [-0.25, -0.2) is 13.8 Å². The first-order valence-electron chi connectivity index (χ1n) is 10.1. The highest BCUT2D eigenvalue weighted by Gasteiger charge is 2.57.